The van der Waals surface area contributed by atoms with Gasteiger partial charge in [0.25, 0.3) is 0 Å². The molecule has 0 N–H and O–H groups in total. The van der Waals surface area contributed by atoms with Gasteiger partial charge in [0.1, 0.15) is 0 Å². The first-order chi connectivity index (χ1) is 10.3. The van der Waals surface area contributed by atoms with Gasteiger partial charge in [-0.05, 0) is 19.8 Å². The molecule has 3 aliphatic rings. The summed E-state index contributed by atoms with van der Waals surface area (Å²) in [6.07, 6.45) is 2.49. The number of rotatable bonds is 2. The van der Waals surface area contributed by atoms with Crippen LogP contribution in [0.3, 0.4) is 0 Å². The fourth-order valence-corrected chi connectivity index (χ4v) is 3.44. The molecule has 0 spiro atoms. The molecule has 3 saturated heterocycles. The van der Waals surface area contributed by atoms with Crippen LogP contribution in [0, 0.1) is 6.92 Å². The molecule has 5 heteroatoms. The van der Waals surface area contributed by atoms with Crippen molar-refractivity contribution in [1.29, 1.82) is 0 Å². The van der Waals surface area contributed by atoms with Crippen molar-refractivity contribution in [2.75, 3.05) is 31.1 Å². The number of aromatic nitrogens is 1. The number of halogens is 1. The van der Waals surface area contributed by atoms with Crippen molar-refractivity contribution in [3.63, 3.8) is 0 Å². The predicted molar refractivity (Wildman–Crippen MR) is 93.8 cm³/mol. The third kappa shape index (κ3) is 2.92. The van der Waals surface area contributed by atoms with Crippen molar-refractivity contribution < 1.29 is 4.52 Å². The zero-order chi connectivity index (χ0) is 14.2. The Morgan fingerprint density at radius 3 is 2.50 bits per heavy atom. The summed E-state index contributed by atoms with van der Waals surface area (Å²) in [5.74, 6) is 1.86. The zero-order valence-corrected chi connectivity index (χ0v) is 14.6. The second kappa shape index (κ2) is 6.42. The van der Waals surface area contributed by atoms with Crippen LogP contribution in [0.4, 0.5) is 5.82 Å². The predicted octanol–water partition coefficient (Wildman–Crippen LogP) is 3.51. The van der Waals surface area contributed by atoms with Crippen LogP contribution in [0.1, 0.15) is 18.4 Å². The van der Waals surface area contributed by atoms with E-state index in [0.29, 0.717) is 6.04 Å². The Hall–Kier alpha value is -1.33. The quantitative estimate of drug-likeness (QED) is 0.817. The molecule has 22 heavy (non-hydrogen) atoms. The lowest BCUT2D eigenvalue weighted by Gasteiger charge is -2.30. The molecule has 0 aliphatic carbocycles. The van der Waals surface area contributed by atoms with Gasteiger partial charge in [0, 0.05) is 43.9 Å². The lowest BCUT2D eigenvalue weighted by atomic mass is 10.1. The van der Waals surface area contributed by atoms with Crippen LogP contribution in [-0.2, 0) is 0 Å². The second-order valence-corrected chi connectivity index (χ2v) is 6.18. The van der Waals surface area contributed by atoms with Crippen LogP contribution in [-0.4, -0.2) is 42.3 Å². The van der Waals surface area contributed by atoms with Crippen LogP contribution >= 0.6 is 17.0 Å². The van der Waals surface area contributed by atoms with Crippen molar-refractivity contribution >= 4 is 22.8 Å². The fraction of sp³-hybridized carbons (Fsp3) is 0.471. The summed E-state index contributed by atoms with van der Waals surface area (Å²) in [6.45, 7) is 6.75. The number of piperidine rings is 1. The van der Waals surface area contributed by atoms with E-state index in [-0.39, 0.29) is 17.0 Å². The van der Waals surface area contributed by atoms with Crippen LogP contribution in [0.15, 0.2) is 34.9 Å². The van der Waals surface area contributed by atoms with Crippen LogP contribution < -0.4 is 4.90 Å². The highest BCUT2D eigenvalue weighted by atomic mass is 79.9. The lowest BCUT2D eigenvalue weighted by molar-refractivity contribution is 0.250. The molecule has 0 amide bonds. The summed E-state index contributed by atoms with van der Waals surface area (Å²) in [5, 5.41) is 4.33. The minimum Gasteiger partial charge on any atom is -0.354 e. The molecule has 2 bridgehead atoms. The minimum atomic E-state index is 0. The van der Waals surface area contributed by atoms with E-state index >= 15 is 0 Å². The van der Waals surface area contributed by atoms with E-state index in [2.05, 4.69) is 52.2 Å². The first kappa shape index (κ1) is 15.6. The van der Waals surface area contributed by atoms with Gasteiger partial charge in [-0.3, -0.25) is 0 Å². The molecular formula is C17H22BrN3O. The first-order valence-corrected chi connectivity index (χ1v) is 7.82. The normalized spacial score (nSPS) is 24.0. The molecule has 0 unspecified atom stereocenters. The summed E-state index contributed by atoms with van der Waals surface area (Å²) >= 11 is 0. The standard InChI is InChI=1S/C17H21N3O.BrH/c1-13-2-4-14(5-3-13)16-12-17(18-21-16)20-11-10-19-8-6-15(20)7-9-19;/h2-5,12,15H,6-11H2,1H3;1H. The van der Waals surface area contributed by atoms with Gasteiger partial charge in [-0.1, -0.05) is 35.0 Å². The summed E-state index contributed by atoms with van der Waals surface area (Å²) in [4.78, 5) is 4.99. The van der Waals surface area contributed by atoms with Crippen molar-refractivity contribution in [2.45, 2.75) is 25.8 Å². The highest BCUT2D eigenvalue weighted by Gasteiger charge is 2.30. The molecule has 3 fully saturated rings. The molecular weight excluding hydrogens is 342 g/mol. The molecule has 0 saturated carbocycles. The van der Waals surface area contributed by atoms with Crippen LogP contribution in [0.5, 0.6) is 0 Å². The van der Waals surface area contributed by atoms with E-state index in [9.17, 15) is 0 Å². The number of nitrogens with zero attached hydrogens (tertiary/aromatic N) is 3. The fourth-order valence-electron chi connectivity index (χ4n) is 3.44. The Morgan fingerprint density at radius 1 is 1.05 bits per heavy atom. The van der Waals surface area contributed by atoms with Gasteiger partial charge in [-0.2, -0.15) is 0 Å². The Morgan fingerprint density at radius 2 is 1.77 bits per heavy atom. The largest absolute Gasteiger partial charge is 0.354 e. The lowest BCUT2D eigenvalue weighted by Crippen LogP contribution is -2.38. The SMILES string of the molecule is Br.Cc1ccc(-c2cc(N3CCN4CCC3CC4)no2)cc1. The maximum atomic E-state index is 5.59. The molecule has 4 nitrogen and oxygen atoms in total. The van der Waals surface area contributed by atoms with E-state index in [0.717, 1.165) is 30.2 Å². The minimum absolute atomic E-state index is 0. The Balaban J connectivity index is 0.00000144. The topological polar surface area (TPSA) is 32.5 Å². The second-order valence-electron chi connectivity index (χ2n) is 6.18. The highest BCUT2D eigenvalue weighted by molar-refractivity contribution is 8.93. The summed E-state index contributed by atoms with van der Waals surface area (Å²) in [7, 11) is 0. The van der Waals surface area contributed by atoms with Crippen molar-refractivity contribution in [2.24, 2.45) is 0 Å². The molecule has 3 aliphatic heterocycles. The summed E-state index contributed by atoms with van der Waals surface area (Å²) < 4.78 is 5.59. The number of anilines is 1. The highest BCUT2D eigenvalue weighted by Crippen LogP contribution is 2.29. The van der Waals surface area contributed by atoms with Crippen LogP contribution in [0.25, 0.3) is 11.3 Å². The van der Waals surface area contributed by atoms with Crippen molar-refractivity contribution in [3.05, 3.63) is 35.9 Å². The Bertz CT molecular complexity index is 617. The molecule has 0 radical (unpaired) electrons. The van der Waals surface area contributed by atoms with E-state index in [4.69, 9.17) is 4.52 Å². The Labute approximate surface area is 141 Å². The average molecular weight is 364 g/mol. The third-order valence-corrected chi connectivity index (χ3v) is 4.78. The number of benzene rings is 1. The van der Waals surface area contributed by atoms with E-state index in [1.165, 1.54) is 31.5 Å². The molecule has 0 atom stereocenters. The van der Waals surface area contributed by atoms with Gasteiger partial charge in [0.2, 0.25) is 0 Å². The molecule has 1 aromatic heterocycles. The molecule has 2 aromatic rings. The van der Waals surface area contributed by atoms with Gasteiger partial charge in [-0.25, -0.2) is 0 Å². The van der Waals surface area contributed by atoms with Gasteiger partial charge in [0.15, 0.2) is 11.6 Å². The van der Waals surface area contributed by atoms with Gasteiger partial charge >= 0.3 is 0 Å². The molecule has 4 heterocycles. The maximum Gasteiger partial charge on any atom is 0.172 e. The molecule has 118 valence electrons. The van der Waals surface area contributed by atoms with Gasteiger partial charge in [-0.15, -0.1) is 17.0 Å². The number of fused-ring (bicyclic) bond motifs is 4. The molecule has 5 rings (SSSR count). The summed E-state index contributed by atoms with van der Waals surface area (Å²) in [6, 6.07) is 11.1. The summed E-state index contributed by atoms with van der Waals surface area (Å²) in [5.41, 5.74) is 2.36. The first-order valence-electron chi connectivity index (χ1n) is 7.82. The smallest absolute Gasteiger partial charge is 0.172 e. The third-order valence-electron chi connectivity index (χ3n) is 4.78. The van der Waals surface area contributed by atoms with E-state index in [1.807, 2.05) is 0 Å². The van der Waals surface area contributed by atoms with Crippen LogP contribution in [0.2, 0.25) is 0 Å². The van der Waals surface area contributed by atoms with Crippen molar-refractivity contribution in [3.8, 4) is 11.3 Å². The number of hydrogen-bond acceptors (Lipinski definition) is 4. The van der Waals surface area contributed by atoms with Gasteiger partial charge < -0.3 is 14.3 Å². The Kier molecular flexibility index (Phi) is 4.54. The number of hydrogen-bond donors (Lipinski definition) is 0. The van der Waals surface area contributed by atoms with E-state index in [1.54, 1.807) is 0 Å². The average Bonchev–Trinajstić information content (AvgIpc) is 2.81. The molecule has 1 aromatic carbocycles. The zero-order valence-electron chi connectivity index (χ0n) is 12.9. The van der Waals surface area contributed by atoms with E-state index < -0.39 is 0 Å². The van der Waals surface area contributed by atoms with Crippen molar-refractivity contribution in [1.82, 2.24) is 10.1 Å². The number of aryl methyl sites for hydroxylation is 1. The van der Waals surface area contributed by atoms with Gasteiger partial charge in [0.05, 0.1) is 0 Å². The monoisotopic (exact) mass is 363 g/mol. The maximum absolute atomic E-state index is 5.59.